The van der Waals surface area contributed by atoms with Crippen LogP contribution in [0.25, 0.3) is 0 Å². The first kappa shape index (κ1) is 17.7. The molecule has 0 aliphatic heterocycles. The molecule has 0 heterocycles. The molecule has 2 N–H and O–H groups in total. The molecule has 21 heavy (non-hydrogen) atoms. The average Bonchev–Trinajstić information content (AvgIpc) is 2.46. The highest BCUT2D eigenvalue weighted by Crippen LogP contribution is 2.29. The zero-order chi connectivity index (χ0) is 15.7. The van der Waals surface area contributed by atoms with Crippen LogP contribution in [-0.4, -0.2) is 31.6 Å². The molecule has 0 bridgehead atoms. The second-order valence-electron chi connectivity index (χ2n) is 4.40. The molecule has 0 unspecified atom stereocenters. The summed E-state index contributed by atoms with van der Waals surface area (Å²) >= 11 is 1.77. The van der Waals surface area contributed by atoms with E-state index in [1.165, 1.54) is 6.07 Å². The van der Waals surface area contributed by atoms with E-state index in [2.05, 4.69) is 15.6 Å². The van der Waals surface area contributed by atoms with E-state index in [-0.39, 0.29) is 0 Å². The van der Waals surface area contributed by atoms with Crippen LogP contribution in [0, 0.1) is 0 Å². The third-order valence-corrected chi connectivity index (χ3v) is 3.45. The second-order valence-corrected chi connectivity index (χ2v) is 5.38. The first-order valence-corrected chi connectivity index (χ1v) is 7.96. The topological polar surface area (TPSA) is 36.4 Å². The highest BCUT2D eigenvalue weighted by atomic mass is 32.2. The van der Waals surface area contributed by atoms with Gasteiger partial charge in [-0.15, -0.1) is 0 Å². The van der Waals surface area contributed by atoms with Gasteiger partial charge in [0.25, 0.3) is 0 Å². The maximum atomic E-state index is 12.6. The van der Waals surface area contributed by atoms with Crippen molar-refractivity contribution >= 4 is 17.7 Å². The van der Waals surface area contributed by atoms with Gasteiger partial charge in [0.15, 0.2) is 5.96 Å². The van der Waals surface area contributed by atoms with Crippen LogP contribution in [0.2, 0.25) is 0 Å². The minimum absolute atomic E-state index is 0.298. The molecular formula is C14H20F3N3S. The SMILES string of the molecule is CN=C(NCCCSC)NCc1cccc(C(F)(F)F)c1. The van der Waals surface area contributed by atoms with Gasteiger partial charge in [0.2, 0.25) is 0 Å². The van der Waals surface area contributed by atoms with Crippen molar-refractivity contribution in [3.63, 3.8) is 0 Å². The van der Waals surface area contributed by atoms with Gasteiger partial charge in [-0.1, -0.05) is 12.1 Å². The summed E-state index contributed by atoms with van der Waals surface area (Å²) < 4.78 is 37.8. The Bertz CT molecular complexity index is 461. The fourth-order valence-electron chi connectivity index (χ4n) is 1.69. The van der Waals surface area contributed by atoms with E-state index < -0.39 is 11.7 Å². The van der Waals surface area contributed by atoms with Gasteiger partial charge in [0.05, 0.1) is 5.56 Å². The number of benzene rings is 1. The minimum Gasteiger partial charge on any atom is -0.356 e. The van der Waals surface area contributed by atoms with Crippen molar-refractivity contribution in [2.45, 2.75) is 19.1 Å². The molecule has 0 atom stereocenters. The van der Waals surface area contributed by atoms with Gasteiger partial charge in [-0.2, -0.15) is 24.9 Å². The summed E-state index contributed by atoms with van der Waals surface area (Å²) in [5.41, 5.74) is -0.0680. The van der Waals surface area contributed by atoms with Gasteiger partial charge in [0.1, 0.15) is 0 Å². The number of thioether (sulfide) groups is 1. The van der Waals surface area contributed by atoms with Gasteiger partial charge in [-0.25, -0.2) is 0 Å². The molecule has 0 aliphatic carbocycles. The number of guanidine groups is 1. The lowest BCUT2D eigenvalue weighted by Crippen LogP contribution is -2.37. The quantitative estimate of drug-likeness (QED) is 0.480. The number of nitrogens with zero attached hydrogens (tertiary/aromatic N) is 1. The lowest BCUT2D eigenvalue weighted by Gasteiger charge is -2.13. The Hall–Kier alpha value is -1.37. The van der Waals surface area contributed by atoms with E-state index in [9.17, 15) is 13.2 Å². The molecule has 0 radical (unpaired) electrons. The molecule has 1 rings (SSSR count). The molecule has 0 amide bonds. The van der Waals surface area contributed by atoms with Crippen LogP contribution in [0.4, 0.5) is 13.2 Å². The van der Waals surface area contributed by atoms with E-state index in [1.54, 1.807) is 24.9 Å². The summed E-state index contributed by atoms with van der Waals surface area (Å²) in [4.78, 5) is 4.04. The fourth-order valence-corrected chi connectivity index (χ4v) is 2.12. The lowest BCUT2D eigenvalue weighted by atomic mass is 10.1. The van der Waals surface area contributed by atoms with Gasteiger partial charge < -0.3 is 10.6 Å². The zero-order valence-electron chi connectivity index (χ0n) is 12.1. The van der Waals surface area contributed by atoms with Gasteiger partial charge in [0, 0.05) is 20.1 Å². The Kier molecular flexibility index (Phi) is 7.42. The van der Waals surface area contributed by atoms with Crippen molar-refractivity contribution < 1.29 is 13.2 Å². The Balaban J connectivity index is 2.50. The Labute approximate surface area is 127 Å². The molecule has 118 valence electrons. The highest BCUT2D eigenvalue weighted by Gasteiger charge is 2.30. The summed E-state index contributed by atoms with van der Waals surface area (Å²) in [5.74, 6) is 1.64. The molecule has 1 aromatic rings. The van der Waals surface area contributed by atoms with E-state index >= 15 is 0 Å². The van der Waals surface area contributed by atoms with E-state index in [4.69, 9.17) is 0 Å². The zero-order valence-corrected chi connectivity index (χ0v) is 12.9. The van der Waals surface area contributed by atoms with Crippen molar-refractivity contribution in [3.05, 3.63) is 35.4 Å². The smallest absolute Gasteiger partial charge is 0.356 e. The molecule has 7 heteroatoms. The van der Waals surface area contributed by atoms with Gasteiger partial charge in [-0.05, 0) is 36.1 Å². The maximum absolute atomic E-state index is 12.6. The van der Waals surface area contributed by atoms with Crippen LogP contribution in [0.5, 0.6) is 0 Å². The standard InChI is InChI=1S/C14H20F3N3S/c1-18-13(19-7-4-8-21-2)20-10-11-5-3-6-12(9-11)14(15,16)17/h3,5-6,9H,4,7-8,10H2,1-2H3,(H2,18,19,20). The summed E-state index contributed by atoms with van der Waals surface area (Å²) in [7, 11) is 1.63. The van der Waals surface area contributed by atoms with Crippen molar-refractivity contribution in [1.82, 2.24) is 10.6 Å². The van der Waals surface area contributed by atoms with E-state index in [0.29, 0.717) is 18.1 Å². The van der Waals surface area contributed by atoms with Gasteiger partial charge >= 0.3 is 6.18 Å². The molecule has 0 saturated heterocycles. The second kappa shape index (κ2) is 8.81. The van der Waals surface area contributed by atoms with Crippen molar-refractivity contribution in [2.24, 2.45) is 4.99 Å². The summed E-state index contributed by atoms with van der Waals surface area (Å²) in [6, 6.07) is 5.28. The first-order valence-electron chi connectivity index (χ1n) is 6.57. The largest absolute Gasteiger partial charge is 0.416 e. The Morgan fingerprint density at radius 1 is 1.29 bits per heavy atom. The van der Waals surface area contributed by atoms with E-state index in [1.807, 2.05) is 6.26 Å². The Morgan fingerprint density at radius 3 is 2.67 bits per heavy atom. The Morgan fingerprint density at radius 2 is 2.05 bits per heavy atom. The van der Waals surface area contributed by atoms with Crippen LogP contribution < -0.4 is 10.6 Å². The number of hydrogen-bond donors (Lipinski definition) is 2. The van der Waals surface area contributed by atoms with Crippen LogP contribution >= 0.6 is 11.8 Å². The summed E-state index contributed by atoms with van der Waals surface area (Å²) in [5, 5.41) is 6.13. The molecule has 0 aliphatic rings. The third kappa shape index (κ3) is 6.75. The van der Waals surface area contributed by atoms with Crippen molar-refractivity contribution in [3.8, 4) is 0 Å². The monoisotopic (exact) mass is 319 g/mol. The van der Waals surface area contributed by atoms with Crippen molar-refractivity contribution in [2.75, 3.05) is 25.6 Å². The van der Waals surface area contributed by atoms with Crippen molar-refractivity contribution in [1.29, 1.82) is 0 Å². The van der Waals surface area contributed by atoms with Crippen LogP contribution in [0.1, 0.15) is 17.5 Å². The summed E-state index contributed by atoms with van der Waals surface area (Å²) in [6.07, 6.45) is -1.26. The van der Waals surface area contributed by atoms with E-state index in [0.717, 1.165) is 30.9 Å². The predicted octanol–water partition coefficient (Wildman–Crippen LogP) is 3.12. The molecule has 0 saturated carbocycles. The molecule has 1 aromatic carbocycles. The third-order valence-electron chi connectivity index (χ3n) is 2.76. The van der Waals surface area contributed by atoms with Gasteiger partial charge in [-0.3, -0.25) is 4.99 Å². The normalized spacial score (nSPS) is 12.3. The molecule has 0 spiro atoms. The number of halogens is 3. The average molecular weight is 319 g/mol. The number of nitrogens with one attached hydrogen (secondary N) is 2. The number of hydrogen-bond acceptors (Lipinski definition) is 2. The first-order chi connectivity index (χ1) is 9.97. The maximum Gasteiger partial charge on any atom is 0.416 e. The number of rotatable bonds is 6. The van der Waals surface area contributed by atoms with Crippen LogP contribution in [0.15, 0.2) is 29.3 Å². The van der Waals surface area contributed by atoms with Crippen LogP contribution in [0.3, 0.4) is 0 Å². The number of alkyl halides is 3. The summed E-state index contributed by atoms with van der Waals surface area (Å²) in [6.45, 7) is 1.08. The fraction of sp³-hybridized carbons (Fsp3) is 0.500. The minimum atomic E-state index is -4.31. The highest BCUT2D eigenvalue weighted by molar-refractivity contribution is 7.98. The predicted molar refractivity (Wildman–Crippen MR) is 82.6 cm³/mol. The number of aliphatic imine (C=N–C) groups is 1. The molecule has 0 aromatic heterocycles. The lowest BCUT2D eigenvalue weighted by molar-refractivity contribution is -0.137. The molecule has 0 fully saturated rings. The molecular weight excluding hydrogens is 299 g/mol. The van der Waals surface area contributed by atoms with Crippen LogP contribution in [-0.2, 0) is 12.7 Å². The molecule has 3 nitrogen and oxygen atoms in total.